The third-order valence-electron chi connectivity index (χ3n) is 4.27. The minimum atomic E-state index is -0.593. The van der Waals surface area contributed by atoms with Crippen molar-refractivity contribution in [2.45, 2.75) is 26.2 Å². The fraction of sp³-hybridized carbons (Fsp3) is 0.273. The molecule has 1 aromatic heterocycles. The molecule has 0 saturated carbocycles. The number of hydrogen-bond acceptors (Lipinski definition) is 6. The highest BCUT2D eigenvalue weighted by atomic mass is 16.6. The van der Waals surface area contributed by atoms with E-state index in [-0.39, 0.29) is 12.4 Å². The first-order valence-corrected chi connectivity index (χ1v) is 9.14. The van der Waals surface area contributed by atoms with E-state index in [9.17, 15) is 9.59 Å². The zero-order valence-corrected chi connectivity index (χ0v) is 15.9. The van der Waals surface area contributed by atoms with Crippen LogP contribution in [0.5, 0.6) is 17.2 Å². The Morgan fingerprint density at radius 3 is 2.46 bits per heavy atom. The quantitative estimate of drug-likeness (QED) is 0.431. The van der Waals surface area contributed by atoms with Gasteiger partial charge in [0.1, 0.15) is 17.1 Å². The van der Waals surface area contributed by atoms with Gasteiger partial charge in [0.2, 0.25) is 0 Å². The van der Waals surface area contributed by atoms with Crippen LogP contribution in [-0.4, -0.2) is 19.7 Å². The van der Waals surface area contributed by atoms with E-state index in [1.807, 2.05) is 6.92 Å². The predicted molar refractivity (Wildman–Crippen MR) is 105 cm³/mol. The summed E-state index contributed by atoms with van der Waals surface area (Å²) in [7, 11) is 1.57. The topological polar surface area (TPSA) is 75.0 Å². The van der Waals surface area contributed by atoms with Crippen LogP contribution in [0.15, 0.2) is 57.7 Å². The molecule has 0 spiro atoms. The van der Waals surface area contributed by atoms with Gasteiger partial charge in [-0.1, -0.05) is 25.5 Å². The van der Waals surface area contributed by atoms with Crippen molar-refractivity contribution in [3.8, 4) is 17.2 Å². The summed E-state index contributed by atoms with van der Waals surface area (Å²) in [6, 6.07) is 13.9. The summed E-state index contributed by atoms with van der Waals surface area (Å²) in [5.41, 5.74) is 0.274. The van der Waals surface area contributed by atoms with E-state index in [4.69, 9.17) is 18.6 Å². The van der Waals surface area contributed by atoms with Crippen molar-refractivity contribution in [2.24, 2.45) is 0 Å². The van der Waals surface area contributed by atoms with E-state index in [0.717, 1.165) is 12.8 Å². The number of carbonyl (C=O) groups excluding carboxylic acids is 1. The molecule has 146 valence electrons. The van der Waals surface area contributed by atoms with Crippen molar-refractivity contribution in [3.05, 3.63) is 64.5 Å². The Morgan fingerprint density at radius 1 is 1.04 bits per heavy atom. The first-order valence-electron chi connectivity index (χ1n) is 9.14. The molecule has 0 fully saturated rings. The maximum atomic E-state index is 12.4. The largest absolute Gasteiger partial charge is 0.497 e. The molecule has 0 saturated heterocycles. The highest BCUT2D eigenvalue weighted by Gasteiger charge is 2.19. The molecule has 0 unspecified atom stereocenters. The second kappa shape index (κ2) is 9.08. The highest BCUT2D eigenvalue weighted by molar-refractivity contribution is 5.87. The average molecular weight is 382 g/mol. The number of rotatable bonds is 8. The van der Waals surface area contributed by atoms with Crippen molar-refractivity contribution < 1.29 is 23.4 Å². The molecule has 1 heterocycles. The maximum Gasteiger partial charge on any atom is 0.349 e. The van der Waals surface area contributed by atoms with E-state index in [2.05, 4.69) is 0 Å². The lowest BCUT2D eigenvalue weighted by atomic mass is 10.1. The van der Waals surface area contributed by atoms with Gasteiger partial charge in [-0.2, -0.15) is 0 Å². The number of benzene rings is 2. The van der Waals surface area contributed by atoms with E-state index >= 15 is 0 Å². The van der Waals surface area contributed by atoms with E-state index in [1.54, 1.807) is 55.6 Å². The lowest BCUT2D eigenvalue weighted by Gasteiger charge is -2.12. The standard InChI is InChI=1S/C22H22O6/c1-3-4-7-18-21(17-8-5-6-9-19(17)27-22(18)24)28-20(23)14-26-16-12-10-15(25-2)11-13-16/h5-6,8-13H,3-4,7,14H2,1-2H3. The van der Waals surface area contributed by atoms with Gasteiger partial charge in [-0.25, -0.2) is 9.59 Å². The van der Waals surface area contributed by atoms with E-state index in [1.165, 1.54) is 0 Å². The Morgan fingerprint density at radius 2 is 1.75 bits per heavy atom. The number of unbranched alkanes of at least 4 members (excludes halogenated alkanes) is 1. The number of carbonyl (C=O) groups is 1. The number of para-hydroxylation sites is 1. The van der Waals surface area contributed by atoms with Gasteiger partial charge in [-0.15, -0.1) is 0 Å². The summed E-state index contributed by atoms with van der Waals surface area (Å²) in [5.74, 6) is 0.868. The molecule has 3 aromatic rings. The third kappa shape index (κ3) is 4.52. The smallest absolute Gasteiger partial charge is 0.349 e. The van der Waals surface area contributed by atoms with Crippen LogP contribution in [0.1, 0.15) is 25.3 Å². The van der Waals surface area contributed by atoms with Crippen LogP contribution >= 0.6 is 0 Å². The maximum absolute atomic E-state index is 12.4. The SMILES string of the molecule is CCCCc1c(OC(=O)COc2ccc(OC)cc2)c2ccccc2oc1=O. The highest BCUT2D eigenvalue weighted by Crippen LogP contribution is 2.29. The molecule has 0 radical (unpaired) electrons. The molecule has 2 aromatic carbocycles. The summed E-state index contributed by atoms with van der Waals surface area (Å²) in [5, 5.41) is 0.589. The molecule has 28 heavy (non-hydrogen) atoms. The van der Waals surface area contributed by atoms with Gasteiger partial charge in [-0.05, 0) is 49.2 Å². The van der Waals surface area contributed by atoms with E-state index < -0.39 is 11.6 Å². The van der Waals surface area contributed by atoms with Crippen LogP contribution in [-0.2, 0) is 11.2 Å². The van der Waals surface area contributed by atoms with E-state index in [0.29, 0.717) is 34.5 Å². The summed E-state index contributed by atoms with van der Waals surface area (Å²) in [6.45, 7) is 1.74. The summed E-state index contributed by atoms with van der Waals surface area (Å²) in [6.07, 6.45) is 2.17. The minimum absolute atomic E-state index is 0.253. The van der Waals surface area contributed by atoms with Crippen LogP contribution in [0, 0.1) is 0 Å². The molecule has 0 bridgehead atoms. The second-order valence-corrected chi connectivity index (χ2v) is 6.24. The summed E-state index contributed by atoms with van der Waals surface area (Å²) < 4.78 is 21.5. The Hall–Kier alpha value is -3.28. The number of ether oxygens (including phenoxy) is 3. The van der Waals surface area contributed by atoms with Gasteiger partial charge in [0.05, 0.1) is 18.1 Å². The molecule has 0 N–H and O–H groups in total. The number of hydrogen-bond donors (Lipinski definition) is 0. The molecule has 0 aliphatic heterocycles. The fourth-order valence-corrected chi connectivity index (χ4v) is 2.80. The Bertz CT molecular complexity index is 1000. The summed E-state index contributed by atoms with van der Waals surface area (Å²) >= 11 is 0. The molecule has 0 aliphatic rings. The van der Waals surface area contributed by atoms with Crippen molar-refractivity contribution in [2.75, 3.05) is 13.7 Å². The normalized spacial score (nSPS) is 10.6. The van der Waals surface area contributed by atoms with Crippen molar-refractivity contribution in [1.29, 1.82) is 0 Å². The molecular weight excluding hydrogens is 360 g/mol. The average Bonchev–Trinajstić information content (AvgIpc) is 2.72. The van der Waals surface area contributed by atoms with Crippen LogP contribution in [0.2, 0.25) is 0 Å². The van der Waals surface area contributed by atoms with Crippen molar-refractivity contribution in [3.63, 3.8) is 0 Å². The lowest BCUT2D eigenvalue weighted by Crippen LogP contribution is -2.20. The van der Waals surface area contributed by atoms with Crippen molar-refractivity contribution in [1.82, 2.24) is 0 Å². The zero-order valence-electron chi connectivity index (χ0n) is 15.9. The molecule has 6 nitrogen and oxygen atoms in total. The zero-order chi connectivity index (χ0) is 19.9. The fourth-order valence-electron chi connectivity index (χ4n) is 2.80. The van der Waals surface area contributed by atoms with Gasteiger partial charge in [0.25, 0.3) is 0 Å². The van der Waals surface area contributed by atoms with Gasteiger partial charge < -0.3 is 18.6 Å². The Kier molecular flexibility index (Phi) is 6.32. The molecule has 6 heteroatoms. The number of esters is 1. The van der Waals surface area contributed by atoms with Crippen LogP contribution < -0.4 is 19.8 Å². The molecule has 0 amide bonds. The van der Waals surface area contributed by atoms with Gasteiger partial charge in [0.15, 0.2) is 12.4 Å². The lowest BCUT2D eigenvalue weighted by molar-refractivity contribution is -0.136. The predicted octanol–water partition coefficient (Wildman–Crippen LogP) is 4.13. The number of fused-ring (bicyclic) bond motifs is 1. The molecule has 0 atom stereocenters. The second-order valence-electron chi connectivity index (χ2n) is 6.24. The molecule has 0 aliphatic carbocycles. The third-order valence-corrected chi connectivity index (χ3v) is 4.27. The first kappa shape index (κ1) is 19.5. The van der Waals surface area contributed by atoms with Gasteiger partial charge in [-0.3, -0.25) is 0 Å². The van der Waals surface area contributed by atoms with Gasteiger partial charge >= 0.3 is 11.6 Å². The van der Waals surface area contributed by atoms with Crippen LogP contribution in [0.3, 0.4) is 0 Å². The monoisotopic (exact) mass is 382 g/mol. The first-order chi connectivity index (χ1) is 13.6. The van der Waals surface area contributed by atoms with Crippen LogP contribution in [0.25, 0.3) is 11.0 Å². The minimum Gasteiger partial charge on any atom is -0.497 e. The number of methoxy groups -OCH3 is 1. The van der Waals surface area contributed by atoms with Crippen LogP contribution in [0.4, 0.5) is 0 Å². The Balaban J connectivity index is 1.81. The summed E-state index contributed by atoms with van der Waals surface area (Å²) in [4.78, 5) is 24.8. The molecular formula is C22H22O6. The van der Waals surface area contributed by atoms with Gasteiger partial charge in [0, 0.05) is 0 Å². The Labute approximate surface area is 162 Å². The molecule has 3 rings (SSSR count). The van der Waals surface area contributed by atoms with Crippen molar-refractivity contribution >= 4 is 16.9 Å².